The number of aliphatic hydroxyl groups excluding tert-OH is 1. The SMILES string of the molecule is O=C(NCC1(c2ccccc2)CC1)NC1(CO)CCCC1. The number of urea groups is 1. The maximum Gasteiger partial charge on any atom is 0.315 e. The van der Waals surface area contributed by atoms with Gasteiger partial charge in [0.05, 0.1) is 12.1 Å². The molecule has 4 heteroatoms. The highest BCUT2D eigenvalue weighted by Crippen LogP contribution is 2.47. The Kier molecular flexibility index (Phi) is 3.89. The van der Waals surface area contributed by atoms with E-state index in [-0.39, 0.29) is 18.1 Å². The largest absolute Gasteiger partial charge is 0.394 e. The Labute approximate surface area is 125 Å². The predicted octanol–water partition coefficient (Wildman–Crippen LogP) is 2.32. The molecule has 0 radical (unpaired) electrons. The van der Waals surface area contributed by atoms with Gasteiger partial charge in [0.2, 0.25) is 0 Å². The van der Waals surface area contributed by atoms with Crippen LogP contribution in [0.2, 0.25) is 0 Å². The van der Waals surface area contributed by atoms with Crippen LogP contribution in [-0.2, 0) is 5.41 Å². The van der Waals surface area contributed by atoms with Gasteiger partial charge in [0, 0.05) is 12.0 Å². The van der Waals surface area contributed by atoms with E-state index in [9.17, 15) is 9.90 Å². The van der Waals surface area contributed by atoms with Gasteiger partial charge < -0.3 is 15.7 Å². The lowest BCUT2D eigenvalue weighted by molar-refractivity contribution is 0.162. The van der Waals surface area contributed by atoms with Crippen LogP contribution in [0.5, 0.6) is 0 Å². The summed E-state index contributed by atoms with van der Waals surface area (Å²) in [5.74, 6) is 0. The van der Waals surface area contributed by atoms with Crippen LogP contribution in [-0.4, -0.2) is 29.8 Å². The van der Waals surface area contributed by atoms with E-state index in [0.29, 0.717) is 6.54 Å². The lowest BCUT2D eigenvalue weighted by Crippen LogP contribution is -2.53. The minimum atomic E-state index is -0.395. The molecule has 1 aromatic rings. The summed E-state index contributed by atoms with van der Waals surface area (Å²) in [6.07, 6.45) is 6.16. The second-order valence-electron chi connectivity index (χ2n) is 6.60. The zero-order chi connectivity index (χ0) is 14.8. The molecular formula is C17H24N2O2. The van der Waals surface area contributed by atoms with Crippen molar-refractivity contribution in [2.45, 2.75) is 49.5 Å². The number of amides is 2. The van der Waals surface area contributed by atoms with Crippen LogP contribution in [0.1, 0.15) is 44.1 Å². The smallest absolute Gasteiger partial charge is 0.315 e. The van der Waals surface area contributed by atoms with Crippen molar-refractivity contribution in [2.24, 2.45) is 0 Å². The second-order valence-corrected chi connectivity index (χ2v) is 6.60. The lowest BCUT2D eigenvalue weighted by atomic mass is 9.96. The molecule has 2 aliphatic rings. The molecule has 0 atom stereocenters. The lowest BCUT2D eigenvalue weighted by Gasteiger charge is -2.28. The summed E-state index contributed by atoms with van der Waals surface area (Å²) in [6, 6.07) is 10.2. The van der Waals surface area contributed by atoms with Crippen molar-refractivity contribution in [3.05, 3.63) is 35.9 Å². The van der Waals surface area contributed by atoms with E-state index in [0.717, 1.165) is 38.5 Å². The maximum atomic E-state index is 12.1. The molecule has 2 saturated carbocycles. The Morgan fingerprint density at radius 2 is 1.76 bits per heavy atom. The molecule has 0 heterocycles. The molecule has 0 aliphatic heterocycles. The molecule has 3 N–H and O–H groups in total. The van der Waals surface area contributed by atoms with Gasteiger partial charge in [-0.15, -0.1) is 0 Å². The van der Waals surface area contributed by atoms with Crippen LogP contribution >= 0.6 is 0 Å². The van der Waals surface area contributed by atoms with Crippen LogP contribution < -0.4 is 10.6 Å². The average Bonchev–Trinajstić information content (AvgIpc) is 3.19. The predicted molar refractivity (Wildman–Crippen MR) is 82.2 cm³/mol. The first kappa shape index (κ1) is 14.4. The van der Waals surface area contributed by atoms with Gasteiger partial charge in [0.1, 0.15) is 0 Å². The summed E-state index contributed by atoms with van der Waals surface area (Å²) in [4.78, 5) is 12.1. The minimum Gasteiger partial charge on any atom is -0.394 e. The third kappa shape index (κ3) is 3.05. The quantitative estimate of drug-likeness (QED) is 0.778. The Bertz CT molecular complexity index is 491. The van der Waals surface area contributed by atoms with Crippen molar-refractivity contribution in [1.29, 1.82) is 0 Å². The Morgan fingerprint density at radius 1 is 1.10 bits per heavy atom. The zero-order valence-electron chi connectivity index (χ0n) is 12.4. The van der Waals surface area contributed by atoms with Gasteiger partial charge >= 0.3 is 6.03 Å². The van der Waals surface area contributed by atoms with Gasteiger partial charge in [0.25, 0.3) is 0 Å². The highest BCUT2D eigenvalue weighted by molar-refractivity contribution is 5.75. The van der Waals surface area contributed by atoms with Crippen molar-refractivity contribution in [2.75, 3.05) is 13.2 Å². The van der Waals surface area contributed by atoms with Gasteiger partial charge in [-0.1, -0.05) is 43.2 Å². The monoisotopic (exact) mass is 288 g/mol. The molecule has 0 unspecified atom stereocenters. The zero-order valence-corrected chi connectivity index (χ0v) is 12.4. The first-order valence-corrected chi connectivity index (χ1v) is 7.91. The van der Waals surface area contributed by atoms with Gasteiger partial charge in [-0.25, -0.2) is 4.79 Å². The molecule has 0 saturated heterocycles. The molecule has 2 amide bonds. The molecule has 0 spiro atoms. The molecule has 1 aromatic carbocycles. The third-order valence-electron chi connectivity index (χ3n) is 5.07. The van der Waals surface area contributed by atoms with E-state index in [1.807, 2.05) is 6.07 Å². The number of aliphatic hydroxyl groups is 1. The van der Waals surface area contributed by atoms with E-state index in [1.165, 1.54) is 5.56 Å². The average molecular weight is 288 g/mol. The van der Waals surface area contributed by atoms with E-state index < -0.39 is 5.54 Å². The van der Waals surface area contributed by atoms with E-state index in [1.54, 1.807) is 0 Å². The molecule has 3 rings (SSSR count). The number of rotatable bonds is 5. The number of carbonyl (C=O) groups is 1. The summed E-state index contributed by atoms with van der Waals surface area (Å²) in [5.41, 5.74) is 1.04. The second kappa shape index (κ2) is 5.68. The highest BCUT2D eigenvalue weighted by atomic mass is 16.3. The first-order valence-electron chi connectivity index (χ1n) is 7.91. The summed E-state index contributed by atoms with van der Waals surface area (Å²) in [6.45, 7) is 0.703. The van der Waals surface area contributed by atoms with Crippen LogP contribution in [0.25, 0.3) is 0 Å². The summed E-state index contributed by atoms with van der Waals surface area (Å²) in [5, 5.41) is 15.5. The van der Waals surface area contributed by atoms with Gasteiger partial charge in [0.15, 0.2) is 0 Å². The number of benzene rings is 1. The Balaban J connectivity index is 1.54. The third-order valence-corrected chi connectivity index (χ3v) is 5.07. The van der Waals surface area contributed by atoms with E-state index >= 15 is 0 Å². The number of hydrogen-bond acceptors (Lipinski definition) is 2. The van der Waals surface area contributed by atoms with Gasteiger partial charge in [-0.3, -0.25) is 0 Å². The van der Waals surface area contributed by atoms with Crippen molar-refractivity contribution in [3.63, 3.8) is 0 Å². The van der Waals surface area contributed by atoms with Gasteiger partial charge in [-0.2, -0.15) is 0 Å². The summed E-state index contributed by atoms with van der Waals surface area (Å²) in [7, 11) is 0. The minimum absolute atomic E-state index is 0.0320. The molecule has 2 fully saturated rings. The fourth-order valence-corrected chi connectivity index (χ4v) is 3.42. The molecule has 21 heavy (non-hydrogen) atoms. The first-order chi connectivity index (χ1) is 10.2. The van der Waals surface area contributed by atoms with Crippen molar-refractivity contribution >= 4 is 6.03 Å². The van der Waals surface area contributed by atoms with Crippen LogP contribution in [0.4, 0.5) is 4.79 Å². The Morgan fingerprint density at radius 3 is 2.33 bits per heavy atom. The summed E-state index contributed by atoms with van der Waals surface area (Å²) >= 11 is 0. The standard InChI is InChI=1S/C17H24N2O2/c20-13-17(8-4-5-9-17)19-15(21)18-12-16(10-11-16)14-6-2-1-3-7-14/h1-3,6-7,20H,4-5,8-13H2,(H2,18,19,21). The van der Waals surface area contributed by atoms with Crippen LogP contribution in [0.15, 0.2) is 30.3 Å². The normalized spacial score (nSPS) is 21.8. The van der Waals surface area contributed by atoms with Crippen LogP contribution in [0, 0.1) is 0 Å². The van der Waals surface area contributed by atoms with Crippen molar-refractivity contribution in [1.82, 2.24) is 10.6 Å². The molecule has 2 aliphatic carbocycles. The van der Waals surface area contributed by atoms with Crippen molar-refractivity contribution < 1.29 is 9.90 Å². The maximum absolute atomic E-state index is 12.1. The van der Waals surface area contributed by atoms with E-state index in [4.69, 9.17) is 0 Å². The fraction of sp³-hybridized carbons (Fsp3) is 0.588. The van der Waals surface area contributed by atoms with Crippen molar-refractivity contribution in [3.8, 4) is 0 Å². The van der Waals surface area contributed by atoms with Gasteiger partial charge in [-0.05, 0) is 31.2 Å². The molecular weight excluding hydrogens is 264 g/mol. The molecule has 0 bridgehead atoms. The molecule has 114 valence electrons. The summed E-state index contributed by atoms with van der Waals surface area (Å²) < 4.78 is 0. The molecule has 0 aromatic heterocycles. The number of nitrogens with one attached hydrogen (secondary N) is 2. The van der Waals surface area contributed by atoms with Crippen LogP contribution in [0.3, 0.4) is 0 Å². The fourth-order valence-electron chi connectivity index (χ4n) is 3.42. The van der Waals surface area contributed by atoms with E-state index in [2.05, 4.69) is 34.9 Å². The number of hydrogen-bond donors (Lipinski definition) is 3. The molecule has 4 nitrogen and oxygen atoms in total. The highest BCUT2D eigenvalue weighted by Gasteiger charge is 2.44. The Hall–Kier alpha value is -1.55. The topological polar surface area (TPSA) is 61.4 Å². The number of carbonyl (C=O) groups excluding carboxylic acids is 1.